The zero-order chi connectivity index (χ0) is 20.2. The lowest BCUT2D eigenvalue weighted by Crippen LogP contribution is -2.33. The molecule has 152 valence electrons. The SMILES string of the molecule is CC(C)C(NC(=O)CSc1ncnc2ccsc12)c1ccc2c(c1)OCCCO2. The third kappa shape index (κ3) is 4.64. The number of ether oxygens (including phenoxy) is 2. The number of fused-ring (bicyclic) bond motifs is 2. The molecule has 1 aliphatic rings. The van der Waals surface area contributed by atoms with Gasteiger partial charge in [-0.1, -0.05) is 31.7 Å². The maximum atomic E-state index is 12.7. The van der Waals surface area contributed by atoms with Crippen LogP contribution >= 0.6 is 23.1 Å². The molecule has 6 nitrogen and oxygen atoms in total. The highest BCUT2D eigenvalue weighted by atomic mass is 32.2. The molecule has 0 bridgehead atoms. The number of amides is 1. The number of carbonyl (C=O) groups is 1. The number of nitrogens with zero attached hydrogens (tertiary/aromatic N) is 2. The first-order valence-electron chi connectivity index (χ1n) is 9.61. The highest BCUT2D eigenvalue weighted by Crippen LogP contribution is 2.34. The van der Waals surface area contributed by atoms with Crippen LogP contribution in [0.5, 0.6) is 11.5 Å². The summed E-state index contributed by atoms with van der Waals surface area (Å²) in [4.78, 5) is 21.3. The van der Waals surface area contributed by atoms with Crippen molar-refractivity contribution in [3.05, 3.63) is 41.5 Å². The topological polar surface area (TPSA) is 73.3 Å². The van der Waals surface area contributed by atoms with Crippen molar-refractivity contribution < 1.29 is 14.3 Å². The van der Waals surface area contributed by atoms with Crippen molar-refractivity contribution in [1.82, 2.24) is 15.3 Å². The zero-order valence-corrected chi connectivity index (χ0v) is 18.0. The van der Waals surface area contributed by atoms with Gasteiger partial charge in [0.25, 0.3) is 0 Å². The van der Waals surface area contributed by atoms with Crippen LogP contribution in [0.15, 0.2) is 41.0 Å². The summed E-state index contributed by atoms with van der Waals surface area (Å²) in [6.07, 6.45) is 2.41. The maximum Gasteiger partial charge on any atom is 0.230 e. The molecule has 0 fully saturated rings. The lowest BCUT2D eigenvalue weighted by molar-refractivity contribution is -0.119. The molecule has 0 saturated carbocycles. The number of thiophene rings is 1. The number of carbonyl (C=O) groups excluding carboxylic acids is 1. The number of benzene rings is 1. The van der Waals surface area contributed by atoms with Crippen LogP contribution < -0.4 is 14.8 Å². The largest absolute Gasteiger partial charge is 0.490 e. The summed E-state index contributed by atoms with van der Waals surface area (Å²) in [5.41, 5.74) is 1.94. The number of aromatic nitrogens is 2. The third-order valence-corrected chi connectivity index (χ3v) is 6.69. The Balaban J connectivity index is 1.45. The van der Waals surface area contributed by atoms with Crippen LogP contribution in [0, 0.1) is 5.92 Å². The Morgan fingerprint density at radius 3 is 2.86 bits per heavy atom. The van der Waals surface area contributed by atoms with Gasteiger partial charge in [0.15, 0.2) is 11.5 Å². The van der Waals surface area contributed by atoms with Gasteiger partial charge >= 0.3 is 0 Å². The van der Waals surface area contributed by atoms with Gasteiger partial charge in [0.2, 0.25) is 5.91 Å². The Morgan fingerprint density at radius 2 is 2.03 bits per heavy atom. The first-order valence-corrected chi connectivity index (χ1v) is 11.5. The van der Waals surface area contributed by atoms with E-state index in [1.54, 1.807) is 17.7 Å². The Morgan fingerprint density at radius 1 is 1.21 bits per heavy atom. The van der Waals surface area contributed by atoms with E-state index >= 15 is 0 Å². The predicted molar refractivity (Wildman–Crippen MR) is 116 cm³/mol. The second kappa shape index (κ2) is 9.00. The summed E-state index contributed by atoms with van der Waals surface area (Å²) in [5, 5.41) is 6.00. The summed E-state index contributed by atoms with van der Waals surface area (Å²) in [6.45, 7) is 5.50. The van der Waals surface area contributed by atoms with E-state index in [4.69, 9.17) is 9.47 Å². The van der Waals surface area contributed by atoms with Crippen molar-refractivity contribution in [3.63, 3.8) is 0 Å². The van der Waals surface area contributed by atoms with Gasteiger partial charge in [-0.15, -0.1) is 11.3 Å². The fourth-order valence-corrected chi connectivity index (χ4v) is 4.98. The van der Waals surface area contributed by atoms with Gasteiger partial charge in [-0.25, -0.2) is 9.97 Å². The van der Waals surface area contributed by atoms with Crippen molar-refractivity contribution >= 4 is 39.2 Å². The minimum atomic E-state index is -0.104. The molecule has 2 aromatic heterocycles. The number of thioether (sulfide) groups is 1. The fourth-order valence-electron chi connectivity index (χ4n) is 3.23. The van der Waals surface area contributed by atoms with Crippen molar-refractivity contribution in [2.24, 2.45) is 5.92 Å². The van der Waals surface area contributed by atoms with Crippen molar-refractivity contribution in [2.45, 2.75) is 31.3 Å². The van der Waals surface area contributed by atoms with E-state index < -0.39 is 0 Å². The van der Waals surface area contributed by atoms with E-state index in [0.717, 1.165) is 38.7 Å². The first-order chi connectivity index (χ1) is 14.1. The minimum Gasteiger partial charge on any atom is -0.490 e. The minimum absolute atomic E-state index is 0.0240. The Hall–Kier alpha value is -2.32. The van der Waals surface area contributed by atoms with Crippen LogP contribution in [0.25, 0.3) is 10.2 Å². The second-order valence-electron chi connectivity index (χ2n) is 7.15. The van der Waals surface area contributed by atoms with Crippen LogP contribution in [0.1, 0.15) is 31.9 Å². The van der Waals surface area contributed by atoms with Crippen molar-refractivity contribution in [1.29, 1.82) is 0 Å². The molecular weight excluding hydrogens is 406 g/mol. The average Bonchev–Trinajstić information content (AvgIpc) is 3.08. The lowest BCUT2D eigenvalue weighted by Gasteiger charge is -2.24. The molecule has 8 heteroatoms. The third-order valence-electron chi connectivity index (χ3n) is 4.66. The molecule has 3 heterocycles. The quantitative estimate of drug-likeness (QED) is 0.461. The van der Waals surface area contributed by atoms with Crippen LogP contribution in [0.4, 0.5) is 0 Å². The number of hydrogen-bond donors (Lipinski definition) is 1. The molecule has 1 N–H and O–H groups in total. The summed E-state index contributed by atoms with van der Waals surface area (Å²) < 4.78 is 12.5. The highest BCUT2D eigenvalue weighted by molar-refractivity contribution is 8.00. The fraction of sp³-hybridized carbons (Fsp3) is 0.381. The molecule has 0 radical (unpaired) electrons. The van der Waals surface area contributed by atoms with Gasteiger partial charge in [-0.2, -0.15) is 0 Å². The van der Waals surface area contributed by atoms with Crippen LogP contribution in [-0.4, -0.2) is 34.8 Å². The highest BCUT2D eigenvalue weighted by Gasteiger charge is 2.21. The predicted octanol–water partition coefficient (Wildman–Crippen LogP) is 4.46. The lowest BCUT2D eigenvalue weighted by atomic mass is 9.95. The Labute approximate surface area is 178 Å². The van der Waals surface area contributed by atoms with Gasteiger partial charge in [-0.05, 0) is 35.1 Å². The van der Waals surface area contributed by atoms with E-state index in [1.165, 1.54) is 11.8 Å². The second-order valence-corrected chi connectivity index (χ2v) is 9.03. The average molecular weight is 430 g/mol. The molecule has 1 unspecified atom stereocenters. The van der Waals surface area contributed by atoms with Gasteiger partial charge < -0.3 is 14.8 Å². The number of nitrogens with one attached hydrogen (secondary N) is 1. The molecule has 0 spiro atoms. The van der Waals surface area contributed by atoms with E-state index in [9.17, 15) is 4.79 Å². The van der Waals surface area contributed by atoms with E-state index in [-0.39, 0.29) is 17.9 Å². The summed E-state index contributed by atoms with van der Waals surface area (Å²) >= 11 is 3.03. The van der Waals surface area contributed by atoms with Gasteiger partial charge in [-0.3, -0.25) is 4.79 Å². The smallest absolute Gasteiger partial charge is 0.230 e. The Kier molecular flexibility index (Phi) is 6.20. The monoisotopic (exact) mass is 429 g/mol. The number of hydrogen-bond acceptors (Lipinski definition) is 7. The molecule has 4 rings (SSSR count). The molecule has 1 amide bonds. The number of rotatable bonds is 6. The standard InChI is InChI=1S/C21H23N3O3S2/c1-13(2)19(14-4-5-16-17(10-14)27-8-3-7-26-16)24-18(25)11-29-21-20-15(6-9-28-20)22-12-23-21/h4-6,9-10,12-13,19H,3,7-8,11H2,1-2H3,(H,24,25). The molecule has 0 aliphatic carbocycles. The van der Waals surface area contributed by atoms with Crippen LogP contribution in [-0.2, 0) is 4.79 Å². The Bertz CT molecular complexity index is 1010. The summed E-state index contributed by atoms with van der Waals surface area (Å²) in [5.74, 6) is 2.02. The van der Waals surface area contributed by atoms with Gasteiger partial charge in [0.1, 0.15) is 11.4 Å². The molecule has 3 aromatic rings. The first kappa shape index (κ1) is 20.0. The normalized spacial score (nSPS) is 14.6. The maximum absolute atomic E-state index is 12.7. The molecule has 1 aromatic carbocycles. The van der Waals surface area contributed by atoms with E-state index in [0.29, 0.717) is 19.0 Å². The van der Waals surface area contributed by atoms with Crippen molar-refractivity contribution in [3.8, 4) is 11.5 Å². The summed E-state index contributed by atoms with van der Waals surface area (Å²) in [6, 6.07) is 7.78. The molecule has 1 atom stereocenters. The summed E-state index contributed by atoms with van der Waals surface area (Å²) in [7, 11) is 0. The van der Waals surface area contributed by atoms with E-state index in [1.807, 2.05) is 29.6 Å². The zero-order valence-electron chi connectivity index (χ0n) is 16.4. The van der Waals surface area contributed by atoms with Crippen LogP contribution in [0.2, 0.25) is 0 Å². The van der Waals surface area contributed by atoms with Crippen molar-refractivity contribution in [2.75, 3.05) is 19.0 Å². The molecule has 1 aliphatic heterocycles. The van der Waals surface area contributed by atoms with Gasteiger partial charge in [0, 0.05) is 6.42 Å². The van der Waals surface area contributed by atoms with E-state index in [2.05, 4.69) is 29.1 Å². The van der Waals surface area contributed by atoms with Gasteiger partial charge in [0.05, 0.1) is 35.2 Å². The molecular formula is C21H23N3O3S2. The molecule has 29 heavy (non-hydrogen) atoms. The molecule has 0 saturated heterocycles. The van der Waals surface area contributed by atoms with Crippen LogP contribution in [0.3, 0.4) is 0 Å².